The van der Waals surface area contributed by atoms with Gasteiger partial charge in [0.25, 0.3) is 0 Å². The van der Waals surface area contributed by atoms with Crippen molar-refractivity contribution in [3.63, 3.8) is 0 Å². The summed E-state index contributed by atoms with van der Waals surface area (Å²) in [5.41, 5.74) is 0.679. The average Bonchev–Trinajstić information content (AvgIpc) is 3.44. The molecule has 1 unspecified atom stereocenters. The van der Waals surface area contributed by atoms with Crippen molar-refractivity contribution in [2.45, 2.75) is 52.9 Å². The molecule has 2 saturated carbocycles. The van der Waals surface area contributed by atoms with E-state index in [0.717, 1.165) is 19.3 Å². The molecule has 2 aliphatic carbocycles. The summed E-state index contributed by atoms with van der Waals surface area (Å²) in [4.78, 5) is 13.0. The Morgan fingerprint density at radius 3 is 2.57 bits per heavy atom. The number of rotatable bonds is 6. The zero-order valence-corrected chi connectivity index (χ0v) is 19.7. The maximum Gasteiger partial charge on any atom is 0.344 e. The molecule has 1 aromatic heterocycles. The van der Waals surface area contributed by atoms with Crippen molar-refractivity contribution in [3.8, 4) is 28.6 Å². The van der Waals surface area contributed by atoms with E-state index in [4.69, 9.17) is 13.9 Å². The molecule has 5 rings (SSSR count). The number of alkyl halides is 1. The number of ether oxygens (including phenoxy) is 2. The second-order valence-electron chi connectivity index (χ2n) is 8.43. The quantitative estimate of drug-likeness (QED) is 0.355. The van der Waals surface area contributed by atoms with E-state index in [1.165, 1.54) is 25.7 Å². The van der Waals surface area contributed by atoms with Gasteiger partial charge in [-0.2, -0.15) is 0 Å². The first-order valence-corrected chi connectivity index (χ1v) is 12.6. The summed E-state index contributed by atoms with van der Waals surface area (Å²) in [5.74, 6) is 2.34. The number of benzene rings is 1. The number of hydrogen-bond acceptors (Lipinski definition) is 6. The second-order valence-corrected chi connectivity index (χ2v) is 12.8. The Labute approximate surface area is 193 Å². The van der Waals surface area contributed by atoms with E-state index >= 15 is 0 Å². The minimum absolute atomic E-state index is 0.0296. The Morgan fingerprint density at radius 1 is 1.13 bits per heavy atom. The Hall–Kier alpha value is -1.35. The Morgan fingerprint density at radius 2 is 1.87 bits per heavy atom. The predicted molar refractivity (Wildman–Crippen MR) is 126 cm³/mol. The van der Waals surface area contributed by atoms with Gasteiger partial charge in [0, 0.05) is 16.9 Å². The second kappa shape index (κ2) is 8.30. The molecular formula is C23H25IO5S. The lowest BCUT2D eigenvalue weighted by Crippen LogP contribution is -2.18. The van der Waals surface area contributed by atoms with E-state index in [0.29, 0.717) is 47.5 Å². The molecule has 0 amide bonds. The van der Waals surface area contributed by atoms with E-state index in [1.54, 1.807) is 18.2 Å². The van der Waals surface area contributed by atoms with Crippen LogP contribution in [0.4, 0.5) is 0 Å². The highest BCUT2D eigenvalue weighted by Gasteiger charge is 2.39. The first-order valence-electron chi connectivity index (χ1n) is 10.6. The van der Waals surface area contributed by atoms with Crippen molar-refractivity contribution in [3.05, 3.63) is 40.2 Å². The highest BCUT2D eigenvalue weighted by Crippen LogP contribution is 2.56. The molecule has 0 bridgehead atoms. The highest BCUT2D eigenvalue weighted by atomic mass is 127. The van der Waals surface area contributed by atoms with E-state index < -0.39 is 5.63 Å². The molecule has 1 aliphatic heterocycles. The van der Waals surface area contributed by atoms with E-state index in [9.17, 15) is 9.90 Å². The van der Waals surface area contributed by atoms with Crippen LogP contribution < -0.4 is 15.1 Å². The van der Waals surface area contributed by atoms with Crippen LogP contribution in [0.1, 0.15) is 55.8 Å². The van der Waals surface area contributed by atoms with Crippen molar-refractivity contribution in [2.24, 2.45) is 5.92 Å². The van der Waals surface area contributed by atoms with Gasteiger partial charge in [-0.25, -0.2) is 4.79 Å². The third-order valence-electron chi connectivity index (χ3n) is 6.06. The molecule has 160 valence electrons. The summed E-state index contributed by atoms with van der Waals surface area (Å²) in [6.45, 7) is 1.01. The van der Waals surface area contributed by atoms with Crippen LogP contribution in [0.15, 0.2) is 33.5 Å². The van der Waals surface area contributed by atoms with Gasteiger partial charge < -0.3 is 19.0 Å². The van der Waals surface area contributed by atoms with E-state index in [2.05, 4.69) is 22.6 Å². The first kappa shape index (κ1) is 20.5. The molecule has 2 aromatic rings. The lowest BCUT2D eigenvalue weighted by Gasteiger charge is -2.27. The van der Waals surface area contributed by atoms with Crippen LogP contribution in [0.3, 0.4) is 0 Å². The van der Waals surface area contributed by atoms with Crippen LogP contribution in [0.2, 0.25) is 0 Å². The van der Waals surface area contributed by atoms with Gasteiger partial charge in [-0.05, 0) is 43.4 Å². The Balaban J connectivity index is 1.47. The van der Waals surface area contributed by atoms with Crippen molar-refractivity contribution < 1.29 is 19.0 Å². The summed E-state index contributed by atoms with van der Waals surface area (Å²) in [7, 11) is 0. The van der Waals surface area contributed by atoms with Crippen LogP contribution >= 0.6 is 34.4 Å². The molecule has 1 atom stereocenters. The first-order chi connectivity index (χ1) is 14.5. The van der Waals surface area contributed by atoms with Gasteiger partial charge in [0.1, 0.15) is 24.7 Å². The number of thioether (sulfide) groups is 1. The van der Waals surface area contributed by atoms with Crippen molar-refractivity contribution in [1.82, 2.24) is 0 Å². The molecule has 1 aromatic carbocycles. The van der Waals surface area contributed by atoms with E-state index in [1.807, 2.05) is 17.8 Å². The summed E-state index contributed by atoms with van der Waals surface area (Å²) >= 11 is 4.41. The van der Waals surface area contributed by atoms with Crippen LogP contribution in [0.25, 0.3) is 11.3 Å². The summed E-state index contributed by atoms with van der Waals surface area (Å²) in [6.07, 6.45) is 8.13. The molecule has 0 radical (unpaired) electrons. The molecule has 0 saturated heterocycles. The largest absolute Gasteiger partial charge is 0.507 e. The summed E-state index contributed by atoms with van der Waals surface area (Å²) < 4.78 is 17.1. The van der Waals surface area contributed by atoms with Gasteiger partial charge in [0.05, 0.1) is 8.32 Å². The molecule has 30 heavy (non-hydrogen) atoms. The van der Waals surface area contributed by atoms with Gasteiger partial charge in [0.15, 0.2) is 11.5 Å². The molecule has 3 aliphatic rings. The minimum atomic E-state index is -0.434. The topological polar surface area (TPSA) is 68.9 Å². The molecule has 1 N–H and O–H groups in total. The zero-order valence-electron chi connectivity index (χ0n) is 16.7. The van der Waals surface area contributed by atoms with Gasteiger partial charge in [0.2, 0.25) is 0 Å². The van der Waals surface area contributed by atoms with Crippen molar-refractivity contribution in [1.29, 1.82) is 0 Å². The van der Waals surface area contributed by atoms with Gasteiger partial charge >= 0.3 is 5.63 Å². The van der Waals surface area contributed by atoms with Gasteiger partial charge in [-0.3, -0.25) is 0 Å². The third kappa shape index (κ3) is 4.33. The molecule has 7 heteroatoms. The molecular weight excluding hydrogens is 515 g/mol. The number of hydrogen-bond donors (Lipinski definition) is 1. The Bertz CT molecular complexity index is 994. The van der Waals surface area contributed by atoms with Crippen molar-refractivity contribution >= 4 is 34.4 Å². The molecule has 2 fully saturated rings. The maximum absolute atomic E-state index is 13.0. The van der Waals surface area contributed by atoms with Crippen LogP contribution in [0.5, 0.6) is 17.2 Å². The molecule has 2 heterocycles. The third-order valence-corrected chi connectivity index (χ3v) is 9.45. The number of halogens is 1. The fraction of sp³-hybridized carbons (Fsp3) is 0.522. The summed E-state index contributed by atoms with van der Waals surface area (Å²) in [5, 5.41) is 10.9. The predicted octanol–water partition coefficient (Wildman–Crippen LogP) is 6.06. The number of aromatic hydroxyl groups is 1. The molecule has 5 nitrogen and oxygen atoms in total. The maximum atomic E-state index is 13.0. The summed E-state index contributed by atoms with van der Waals surface area (Å²) in [6, 6.07) is 7.00. The standard InChI is InChI=1S/C23H25IO5S/c24-23(7-1-2-8-23)30-20(11-14-3-4-14)21-16(25)13-18(29-22(21)26)15-5-6-17-19(12-15)28-10-9-27-17/h5-6,12-14,20,25H,1-4,7-11H2. The fourth-order valence-electron chi connectivity index (χ4n) is 4.28. The van der Waals surface area contributed by atoms with Gasteiger partial charge in [-0.1, -0.05) is 48.3 Å². The highest BCUT2D eigenvalue weighted by molar-refractivity contribution is 14.1. The average molecular weight is 540 g/mol. The van der Waals surface area contributed by atoms with Crippen LogP contribution in [-0.2, 0) is 0 Å². The van der Waals surface area contributed by atoms with Crippen LogP contribution in [0, 0.1) is 5.92 Å². The van der Waals surface area contributed by atoms with Crippen LogP contribution in [-0.4, -0.2) is 21.1 Å². The minimum Gasteiger partial charge on any atom is -0.507 e. The van der Waals surface area contributed by atoms with Gasteiger partial charge in [-0.15, -0.1) is 11.8 Å². The smallest absolute Gasteiger partial charge is 0.344 e. The zero-order chi connectivity index (χ0) is 20.7. The SMILES string of the molecule is O=c1oc(-c2ccc3c(c2)OCCO3)cc(O)c1C(CC1CC1)SC1(I)CCCC1. The Kier molecular flexibility index (Phi) is 5.68. The van der Waals surface area contributed by atoms with Crippen molar-refractivity contribution in [2.75, 3.05) is 13.2 Å². The number of fused-ring (bicyclic) bond motifs is 1. The normalized spacial score (nSPS) is 20.8. The van der Waals surface area contributed by atoms with E-state index in [-0.39, 0.29) is 13.8 Å². The lowest BCUT2D eigenvalue weighted by atomic mass is 10.1. The fourth-order valence-corrected chi connectivity index (χ4v) is 7.70. The lowest BCUT2D eigenvalue weighted by molar-refractivity contribution is 0.171. The monoisotopic (exact) mass is 540 g/mol. The molecule has 0 spiro atoms.